The van der Waals surface area contributed by atoms with Gasteiger partial charge in [0.1, 0.15) is 10.7 Å². The quantitative estimate of drug-likeness (QED) is 0.251. The molecular weight excluding hydrogens is 471 g/mol. The number of anilines is 2. The largest absolute Gasteiger partial charge is 0.421 e. The molecule has 5 rings (SSSR count). The molecule has 0 saturated carbocycles. The van der Waals surface area contributed by atoms with Crippen molar-refractivity contribution in [3.05, 3.63) is 81.6 Å². The molecule has 1 unspecified atom stereocenters. The topological polar surface area (TPSA) is 137 Å². The van der Waals surface area contributed by atoms with Gasteiger partial charge in [0.05, 0.1) is 5.52 Å². The van der Waals surface area contributed by atoms with Gasteiger partial charge in [0.2, 0.25) is 0 Å². The van der Waals surface area contributed by atoms with Crippen LogP contribution in [0.1, 0.15) is 11.1 Å². The summed E-state index contributed by atoms with van der Waals surface area (Å²) >= 11 is 1.02. The van der Waals surface area contributed by atoms with Gasteiger partial charge < -0.3 is 10.2 Å². The number of hydrogen-bond acceptors (Lipinski definition) is 8. The average molecular weight is 487 g/mol. The zero-order chi connectivity index (χ0) is 23.4. The predicted molar refractivity (Wildman–Crippen MR) is 120 cm³/mol. The first-order valence-corrected chi connectivity index (χ1v) is 11.9. The minimum atomic E-state index is -4.36. The Labute approximate surface area is 190 Å². The van der Waals surface area contributed by atoms with Crippen molar-refractivity contribution in [1.29, 1.82) is 0 Å². The normalized spacial score (nSPS) is 17.7. The number of aldehydes is 1. The van der Waals surface area contributed by atoms with Gasteiger partial charge in [-0.1, -0.05) is 18.2 Å². The molecule has 0 bridgehead atoms. The fraction of sp³-hybridized carbons (Fsp3) is 0.0952. The molecule has 3 N–H and O–H groups in total. The van der Waals surface area contributed by atoms with Gasteiger partial charge in [0.25, 0.3) is 10.0 Å². The Morgan fingerprint density at radius 2 is 2.12 bits per heavy atom. The summed E-state index contributed by atoms with van der Waals surface area (Å²) in [5.74, 6) is -2.09. The molecule has 12 heteroatoms. The van der Waals surface area contributed by atoms with Gasteiger partial charge >= 0.3 is 5.76 Å². The number of nitrogens with zero attached hydrogens (tertiary/aromatic N) is 2. The van der Waals surface area contributed by atoms with Crippen LogP contribution in [0.5, 0.6) is 0 Å². The summed E-state index contributed by atoms with van der Waals surface area (Å²) < 4.78 is 48.9. The zero-order valence-corrected chi connectivity index (χ0v) is 18.3. The highest BCUT2D eigenvalue weighted by Gasteiger charge is 2.39. The van der Waals surface area contributed by atoms with Crippen LogP contribution in [0.15, 0.2) is 68.2 Å². The first-order valence-electron chi connectivity index (χ1n) is 9.56. The number of carbonyl (C=O) groups excluding carboxylic acids is 1. The Bertz CT molecular complexity index is 1610. The lowest BCUT2D eigenvalue weighted by Crippen LogP contribution is -2.42. The van der Waals surface area contributed by atoms with Crippen LogP contribution in [0.3, 0.4) is 0 Å². The third-order valence-corrected chi connectivity index (χ3v) is 7.57. The van der Waals surface area contributed by atoms with E-state index in [-0.39, 0.29) is 16.2 Å². The zero-order valence-electron chi connectivity index (χ0n) is 16.7. The number of nitrogens with one attached hydrogen (secondary N) is 1. The summed E-state index contributed by atoms with van der Waals surface area (Å²) in [6.45, 7) is 0. The van der Waals surface area contributed by atoms with Crippen molar-refractivity contribution in [2.45, 2.75) is 16.9 Å². The maximum absolute atomic E-state index is 15.1. The van der Waals surface area contributed by atoms with E-state index in [1.54, 1.807) is 29.7 Å². The molecule has 4 aromatic rings. The summed E-state index contributed by atoms with van der Waals surface area (Å²) in [6.07, 6.45) is 5.68. The van der Waals surface area contributed by atoms with E-state index >= 15 is 4.39 Å². The van der Waals surface area contributed by atoms with Gasteiger partial charge in [-0.2, -0.15) is 0 Å². The van der Waals surface area contributed by atoms with E-state index in [2.05, 4.69) is 9.71 Å². The second kappa shape index (κ2) is 7.39. The first-order chi connectivity index (χ1) is 15.7. The number of aromatic nitrogens is 2. The molecule has 2 aromatic heterocycles. The summed E-state index contributed by atoms with van der Waals surface area (Å²) in [5.41, 5.74) is 5.58. The molecule has 0 fully saturated rings. The Morgan fingerprint density at radius 1 is 1.30 bits per heavy atom. The Balaban J connectivity index is 1.73. The smallest absolute Gasteiger partial charge is 0.408 e. The number of thiazole rings is 1. The van der Waals surface area contributed by atoms with E-state index in [4.69, 9.17) is 10.2 Å². The number of fused-ring (bicyclic) bond motifs is 2. The number of benzene rings is 2. The number of halogens is 1. The van der Waals surface area contributed by atoms with E-state index in [1.807, 2.05) is 0 Å². The molecule has 168 valence electrons. The minimum Gasteiger partial charge on any atom is -0.408 e. The fourth-order valence-electron chi connectivity index (χ4n) is 3.97. The molecule has 0 spiro atoms. The summed E-state index contributed by atoms with van der Waals surface area (Å²) in [6, 6.07) is 6.76. The molecule has 0 amide bonds. The van der Waals surface area contributed by atoms with Gasteiger partial charge in [-0.25, -0.2) is 22.6 Å². The summed E-state index contributed by atoms with van der Waals surface area (Å²) in [7, 11) is -4.36. The number of nitrogen functional groups attached to an aromatic ring is 1. The van der Waals surface area contributed by atoms with Gasteiger partial charge in [0, 0.05) is 29.4 Å². The molecule has 9 nitrogen and oxygen atoms in total. The number of hydrogen-bond donors (Lipinski definition) is 2. The van der Waals surface area contributed by atoms with Crippen molar-refractivity contribution < 1.29 is 22.0 Å². The molecule has 1 atom stereocenters. The molecule has 1 aliphatic carbocycles. The van der Waals surface area contributed by atoms with E-state index < -0.39 is 32.0 Å². The van der Waals surface area contributed by atoms with Crippen molar-refractivity contribution in [2.24, 2.45) is 0 Å². The SMILES string of the molecule is Nc1ccc2c(c1)C(C=O)(n1c(=O)oc3cc(S(=O)(=O)Nc4nccs4)c(F)cc31)C=CC2. The number of oxazole rings is 1. The van der Waals surface area contributed by atoms with Crippen molar-refractivity contribution in [2.75, 3.05) is 10.5 Å². The minimum absolute atomic E-state index is 0.0509. The molecule has 2 heterocycles. The Kier molecular flexibility index (Phi) is 4.72. The second-order valence-corrected chi connectivity index (χ2v) is 9.91. The Morgan fingerprint density at radius 3 is 2.85 bits per heavy atom. The number of allylic oxidation sites excluding steroid dienone is 2. The van der Waals surface area contributed by atoms with Crippen LogP contribution < -0.4 is 16.2 Å². The maximum atomic E-state index is 15.1. The van der Waals surface area contributed by atoms with Crippen LogP contribution in [0, 0.1) is 5.82 Å². The molecule has 0 saturated heterocycles. The monoisotopic (exact) mass is 486 g/mol. The number of sulfonamides is 1. The lowest BCUT2D eigenvalue weighted by Gasteiger charge is -2.31. The summed E-state index contributed by atoms with van der Waals surface area (Å²) in [4.78, 5) is 28.4. The van der Waals surface area contributed by atoms with E-state index in [0.29, 0.717) is 24.0 Å². The lowest BCUT2D eigenvalue weighted by molar-refractivity contribution is -0.112. The van der Waals surface area contributed by atoms with E-state index in [1.165, 1.54) is 12.3 Å². The number of nitrogens with two attached hydrogens (primary N) is 1. The van der Waals surface area contributed by atoms with Crippen LogP contribution in [0.4, 0.5) is 15.2 Å². The predicted octanol–water partition coefficient (Wildman–Crippen LogP) is 2.63. The van der Waals surface area contributed by atoms with Crippen LogP contribution in [-0.2, 0) is 26.8 Å². The van der Waals surface area contributed by atoms with E-state index in [0.717, 1.165) is 33.6 Å². The second-order valence-electron chi connectivity index (χ2n) is 7.36. The molecule has 0 aliphatic heterocycles. The molecule has 33 heavy (non-hydrogen) atoms. The van der Waals surface area contributed by atoms with Crippen LogP contribution in [-0.4, -0.2) is 24.3 Å². The van der Waals surface area contributed by atoms with Gasteiger partial charge in [0.15, 0.2) is 22.5 Å². The van der Waals surface area contributed by atoms with Crippen molar-refractivity contribution in [1.82, 2.24) is 9.55 Å². The third kappa shape index (κ3) is 3.26. The van der Waals surface area contributed by atoms with E-state index in [9.17, 15) is 18.0 Å². The maximum Gasteiger partial charge on any atom is 0.421 e. The number of rotatable bonds is 5. The van der Waals surface area contributed by atoms with Gasteiger partial charge in [-0.05, 0) is 29.7 Å². The molecular formula is C21H15FN4O5S2. The molecule has 0 radical (unpaired) electrons. The highest BCUT2D eigenvalue weighted by atomic mass is 32.2. The lowest BCUT2D eigenvalue weighted by atomic mass is 9.81. The molecule has 2 aromatic carbocycles. The van der Waals surface area contributed by atoms with Crippen molar-refractivity contribution >= 4 is 49.6 Å². The molecule has 1 aliphatic rings. The van der Waals surface area contributed by atoms with Crippen LogP contribution in [0.25, 0.3) is 11.1 Å². The van der Waals surface area contributed by atoms with Gasteiger partial charge in [-0.15, -0.1) is 11.3 Å². The highest BCUT2D eigenvalue weighted by molar-refractivity contribution is 7.93. The van der Waals surface area contributed by atoms with Crippen LogP contribution in [0.2, 0.25) is 0 Å². The Hall–Kier alpha value is -3.77. The van der Waals surface area contributed by atoms with Crippen LogP contribution >= 0.6 is 11.3 Å². The average Bonchev–Trinajstić information content (AvgIpc) is 3.39. The highest BCUT2D eigenvalue weighted by Crippen LogP contribution is 2.36. The van der Waals surface area contributed by atoms with Gasteiger partial charge in [-0.3, -0.25) is 14.1 Å². The van der Waals surface area contributed by atoms with Crippen molar-refractivity contribution in [3.8, 4) is 0 Å². The fourth-order valence-corrected chi connectivity index (χ4v) is 5.83. The standard InChI is InChI=1S/C21H15FN4O5S2/c22-15-9-16-17(10-18(15)33(29,30)25-19-24-6-7-32-19)31-20(28)26(16)21(11-27)5-1-2-12-3-4-13(23)8-14(12)21/h1,3-11H,2,23H2,(H,24,25). The summed E-state index contributed by atoms with van der Waals surface area (Å²) in [5, 5.41) is 1.60. The number of carbonyl (C=O) groups is 1. The first kappa shape index (κ1) is 21.1. The third-order valence-electron chi connectivity index (χ3n) is 5.40. The van der Waals surface area contributed by atoms with Crippen molar-refractivity contribution in [3.63, 3.8) is 0 Å².